The summed E-state index contributed by atoms with van der Waals surface area (Å²) in [6.45, 7) is 6.30. The Bertz CT molecular complexity index is 1290. The number of carbonyl (C=O) groups is 2. The summed E-state index contributed by atoms with van der Waals surface area (Å²) in [5.41, 5.74) is 0. The van der Waals surface area contributed by atoms with E-state index in [0.717, 1.165) is 96.3 Å². The maximum absolute atomic E-state index is 13.2. The van der Waals surface area contributed by atoms with Crippen LogP contribution >= 0.6 is 0 Å². The Labute approximate surface area is 401 Å². The van der Waals surface area contributed by atoms with Crippen LogP contribution in [0.5, 0.6) is 0 Å². The standard InChI is InChI=1S/C59H101NO5/c1-4-7-10-13-16-19-22-25-27-28-29-30-31-34-37-40-43-46-49-52-59(64)65-55(50-47-44-41-38-35-32-24-21-18-15-12-9-6-3)53-58(63)60-56(54-61)57(62)51-48-45-42-39-36-33-26-23-20-17-14-11-8-5-2/h9,12,15-16,18-19,21,24-25,27,29-30,32,34-35,37,55-57,61-62H,4-8,10-11,13-14,17,20,22-23,26,28,31,33,36,38-54H2,1-3H3,(H,60,63)/b12-9+,18-15+,19-16-,24-21+,27-25-,30-29-,35-32-,37-34-. The Kier molecular flexibility index (Phi) is 49.2. The molecular weight excluding hydrogens is 803 g/mol. The number of hydrogen-bond acceptors (Lipinski definition) is 5. The van der Waals surface area contributed by atoms with Gasteiger partial charge in [-0.25, -0.2) is 0 Å². The molecule has 0 saturated carbocycles. The van der Waals surface area contributed by atoms with E-state index < -0.39 is 18.2 Å². The van der Waals surface area contributed by atoms with E-state index in [1.807, 2.05) is 24.3 Å². The van der Waals surface area contributed by atoms with Crippen molar-refractivity contribution in [1.29, 1.82) is 0 Å². The number of allylic oxidation sites excluding steroid dienone is 16. The van der Waals surface area contributed by atoms with Crippen LogP contribution in [0, 0.1) is 0 Å². The van der Waals surface area contributed by atoms with Crippen LogP contribution in [-0.4, -0.2) is 46.9 Å². The molecule has 0 aliphatic heterocycles. The number of aliphatic hydroxyl groups is 2. The first-order valence-corrected chi connectivity index (χ1v) is 27.0. The Morgan fingerprint density at radius 3 is 1.43 bits per heavy atom. The molecule has 0 fully saturated rings. The highest BCUT2D eigenvalue weighted by atomic mass is 16.5. The fourth-order valence-electron chi connectivity index (χ4n) is 7.66. The molecule has 1 amide bonds. The van der Waals surface area contributed by atoms with Crippen molar-refractivity contribution >= 4 is 11.9 Å². The van der Waals surface area contributed by atoms with E-state index in [2.05, 4.69) is 99.0 Å². The summed E-state index contributed by atoms with van der Waals surface area (Å²) in [5, 5.41) is 23.8. The van der Waals surface area contributed by atoms with Gasteiger partial charge in [-0.2, -0.15) is 0 Å². The Morgan fingerprint density at radius 2 is 0.892 bits per heavy atom. The highest BCUT2D eigenvalue weighted by Gasteiger charge is 2.24. The van der Waals surface area contributed by atoms with Crippen molar-refractivity contribution in [2.75, 3.05) is 6.61 Å². The van der Waals surface area contributed by atoms with E-state index in [4.69, 9.17) is 4.74 Å². The highest BCUT2D eigenvalue weighted by molar-refractivity contribution is 5.77. The third-order valence-electron chi connectivity index (χ3n) is 11.7. The van der Waals surface area contributed by atoms with Crippen LogP contribution in [0.1, 0.15) is 239 Å². The summed E-state index contributed by atoms with van der Waals surface area (Å²) in [7, 11) is 0. The van der Waals surface area contributed by atoms with E-state index in [1.165, 1.54) is 96.3 Å². The zero-order valence-electron chi connectivity index (χ0n) is 42.3. The molecule has 6 nitrogen and oxygen atoms in total. The first-order valence-electron chi connectivity index (χ1n) is 27.0. The molecule has 3 atom stereocenters. The van der Waals surface area contributed by atoms with E-state index in [-0.39, 0.29) is 24.9 Å². The fourth-order valence-corrected chi connectivity index (χ4v) is 7.66. The lowest BCUT2D eigenvalue weighted by Gasteiger charge is -2.24. The van der Waals surface area contributed by atoms with Crippen LogP contribution in [0.25, 0.3) is 0 Å². The van der Waals surface area contributed by atoms with E-state index >= 15 is 0 Å². The van der Waals surface area contributed by atoms with Gasteiger partial charge in [0, 0.05) is 6.42 Å². The van der Waals surface area contributed by atoms with Gasteiger partial charge in [0.1, 0.15) is 6.10 Å². The number of ether oxygens (including phenoxy) is 1. The number of nitrogens with one attached hydrogen (secondary N) is 1. The number of amides is 1. The first-order chi connectivity index (χ1) is 32.0. The third-order valence-corrected chi connectivity index (χ3v) is 11.7. The zero-order valence-corrected chi connectivity index (χ0v) is 42.3. The van der Waals surface area contributed by atoms with Gasteiger partial charge in [-0.15, -0.1) is 0 Å². The van der Waals surface area contributed by atoms with Gasteiger partial charge in [-0.1, -0.05) is 234 Å². The van der Waals surface area contributed by atoms with Crippen LogP contribution in [0.2, 0.25) is 0 Å². The predicted octanol–water partition coefficient (Wildman–Crippen LogP) is 16.5. The number of aliphatic hydroxyl groups excluding tert-OH is 2. The lowest BCUT2D eigenvalue weighted by Crippen LogP contribution is -2.46. The van der Waals surface area contributed by atoms with Crippen molar-refractivity contribution in [3.8, 4) is 0 Å². The number of rotatable bonds is 47. The fraction of sp³-hybridized carbons (Fsp3) is 0.695. The molecule has 0 aromatic rings. The third kappa shape index (κ3) is 47.1. The largest absolute Gasteiger partial charge is 0.462 e. The summed E-state index contributed by atoms with van der Waals surface area (Å²) in [5.74, 6) is -0.555. The van der Waals surface area contributed by atoms with Crippen LogP contribution in [-0.2, 0) is 14.3 Å². The van der Waals surface area contributed by atoms with Gasteiger partial charge in [0.2, 0.25) is 5.91 Å². The summed E-state index contributed by atoms with van der Waals surface area (Å²) in [6, 6.07) is -0.727. The molecule has 6 heteroatoms. The molecule has 3 unspecified atom stereocenters. The second-order valence-electron chi connectivity index (χ2n) is 18.0. The van der Waals surface area contributed by atoms with Gasteiger partial charge >= 0.3 is 5.97 Å². The molecule has 3 N–H and O–H groups in total. The van der Waals surface area contributed by atoms with Crippen molar-refractivity contribution in [3.63, 3.8) is 0 Å². The summed E-state index contributed by atoms with van der Waals surface area (Å²) < 4.78 is 5.91. The van der Waals surface area contributed by atoms with Crippen molar-refractivity contribution < 1.29 is 24.5 Å². The van der Waals surface area contributed by atoms with Gasteiger partial charge in [-0.3, -0.25) is 9.59 Å². The normalized spacial score (nSPS) is 14.0. The molecule has 0 aliphatic carbocycles. The maximum Gasteiger partial charge on any atom is 0.306 e. The Balaban J connectivity index is 4.67. The minimum atomic E-state index is -0.810. The van der Waals surface area contributed by atoms with Crippen LogP contribution in [0.4, 0.5) is 0 Å². The number of unbranched alkanes of at least 4 members (excludes halogenated alkanes) is 22. The van der Waals surface area contributed by atoms with Crippen LogP contribution < -0.4 is 5.32 Å². The number of hydrogen-bond donors (Lipinski definition) is 3. The Morgan fingerprint density at radius 1 is 0.477 bits per heavy atom. The molecule has 0 saturated heterocycles. The number of carbonyl (C=O) groups excluding carboxylic acids is 2. The SMILES string of the molecule is CC/C=C/C=C/C=C/C=C\CCCCCC(CC(=O)NC(CO)C(O)CCCCCCCCCCCCCCCC)OC(=O)CCCCC/C=C\C/C=C\C/C=C\C/C=C\CCCCC. The number of esters is 1. The van der Waals surface area contributed by atoms with Crippen molar-refractivity contribution in [2.45, 2.75) is 257 Å². The monoisotopic (exact) mass is 904 g/mol. The zero-order chi connectivity index (χ0) is 47.4. The molecule has 65 heavy (non-hydrogen) atoms. The summed E-state index contributed by atoms with van der Waals surface area (Å²) >= 11 is 0. The highest BCUT2D eigenvalue weighted by Crippen LogP contribution is 2.17. The Hall–Kier alpha value is -3.22. The molecule has 0 aliphatic rings. The molecule has 0 heterocycles. The van der Waals surface area contributed by atoms with Crippen molar-refractivity contribution in [1.82, 2.24) is 5.32 Å². The smallest absolute Gasteiger partial charge is 0.306 e. The average molecular weight is 904 g/mol. The van der Waals surface area contributed by atoms with Crippen molar-refractivity contribution in [3.05, 3.63) is 97.2 Å². The minimum Gasteiger partial charge on any atom is -0.462 e. The van der Waals surface area contributed by atoms with Gasteiger partial charge in [-0.05, 0) is 89.9 Å². The first kappa shape index (κ1) is 61.8. The summed E-state index contributed by atoms with van der Waals surface area (Å²) in [6.07, 6.45) is 68.9. The van der Waals surface area contributed by atoms with Crippen molar-refractivity contribution in [2.24, 2.45) is 0 Å². The van der Waals surface area contributed by atoms with E-state index in [0.29, 0.717) is 19.3 Å². The second kappa shape index (κ2) is 51.8. The van der Waals surface area contributed by atoms with Gasteiger partial charge in [0.25, 0.3) is 0 Å². The van der Waals surface area contributed by atoms with Crippen LogP contribution in [0.3, 0.4) is 0 Å². The topological polar surface area (TPSA) is 95.9 Å². The van der Waals surface area contributed by atoms with Crippen LogP contribution in [0.15, 0.2) is 97.2 Å². The molecule has 0 rings (SSSR count). The second-order valence-corrected chi connectivity index (χ2v) is 18.0. The van der Waals surface area contributed by atoms with E-state index in [9.17, 15) is 19.8 Å². The molecule has 0 radical (unpaired) electrons. The lowest BCUT2D eigenvalue weighted by atomic mass is 10.0. The minimum absolute atomic E-state index is 0.0333. The molecule has 0 spiro atoms. The molecular formula is C59H101NO5. The molecule has 0 aromatic carbocycles. The molecule has 0 bridgehead atoms. The molecule has 0 aromatic heterocycles. The van der Waals surface area contributed by atoms with Gasteiger partial charge < -0.3 is 20.3 Å². The van der Waals surface area contributed by atoms with E-state index in [1.54, 1.807) is 0 Å². The lowest BCUT2D eigenvalue weighted by molar-refractivity contribution is -0.151. The average Bonchev–Trinajstić information content (AvgIpc) is 3.30. The predicted molar refractivity (Wildman–Crippen MR) is 282 cm³/mol. The summed E-state index contributed by atoms with van der Waals surface area (Å²) in [4.78, 5) is 26.2. The maximum atomic E-state index is 13.2. The van der Waals surface area contributed by atoms with Gasteiger partial charge in [0.15, 0.2) is 0 Å². The quantitative estimate of drug-likeness (QED) is 0.0245. The van der Waals surface area contributed by atoms with Gasteiger partial charge in [0.05, 0.1) is 25.2 Å². The molecule has 372 valence electrons.